The van der Waals surface area contributed by atoms with E-state index in [2.05, 4.69) is 34.1 Å². The molecule has 3 aliphatic rings. The van der Waals surface area contributed by atoms with Crippen LogP contribution in [-0.4, -0.2) is 65.8 Å². The molecule has 2 amide bonds. The van der Waals surface area contributed by atoms with Gasteiger partial charge in [-0.1, -0.05) is 36.8 Å². The van der Waals surface area contributed by atoms with Crippen LogP contribution in [0.1, 0.15) is 37.7 Å². The molecule has 0 atom stereocenters. The number of likely N-dealkylation sites (tertiary alicyclic amines) is 1. The van der Waals surface area contributed by atoms with E-state index in [1.165, 1.54) is 12.0 Å². The van der Waals surface area contributed by atoms with Gasteiger partial charge in [0, 0.05) is 57.6 Å². The fourth-order valence-corrected chi connectivity index (χ4v) is 4.49. The van der Waals surface area contributed by atoms with Crippen LogP contribution >= 0.6 is 0 Å². The van der Waals surface area contributed by atoms with Crippen molar-refractivity contribution in [1.82, 2.24) is 14.7 Å². The molecule has 1 aliphatic carbocycles. The van der Waals surface area contributed by atoms with Gasteiger partial charge in [0.2, 0.25) is 11.8 Å². The monoisotopic (exact) mass is 369 g/mol. The Labute approximate surface area is 162 Å². The molecule has 1 aromatic carbocycles. The van der Waals surface area contributed by atoms with E-state index in [9.17, 15) is 9.59 Å². The van der Waals surface area contributed by atoms with Gasteiger partial charge in [0.25, 0.3) is 0 Å². The molecule has 5 nitrogen and oxygen atoms in total. The Kier molecular flexibility index (Phi) is 5.77. The van der Waals surface area contributed by atoms with E-state index < -0.39 is 0 Å². The van der Waals surface area contributed by atoms with Crippen LogP contribution in [0.2, 0.25) is 0 Å². The van der Waals surface area contributed by atoms with Crippen LogP contribution in [-0.2, 0) is 16.1 Å². The SMILES string of the molecule is O=C(C1CCC1)N1CCC(C(=O)N2CCN(Cc3ccccc3)CC2)CC1. The maximum atomic E-state index is 12.9. The van der Waals surface area contributed by atoms with Crippen molar-refractivity contribution < 1.29 is 9.59 Å². The minimum absolute atomic E-state index is 0.108. The van der Waals surface area contributed by atoms with Gasteiger partial charge in [-0.2, -0.15) is 0 Å². The molecule has 27 heavy (non-hydrogen) atoms. The molecular weight excluding hydrogens is 338 g/mol. The Morgan fingerprint density at radius 1 is 0.741 bits per heavy atom. The number of amides is 2. The van der Waals surface area contributed by atoms with Crippen molar-refractivity contribution in [2.75, 3.05) is 39.3 Å². The maximum absolute atomic E-state index is 12.9. The van der Waals surface area contributed by atoms with Crippen molar-refractivity contribution in [3.8, 4) is 0 Å². The average molecular weight is 370 g/mol. The molecule has 3 fully saturated rings. The van der Waals surface area contributed by atoms with Gasteiger partial charge in [-0.25, -0.2) is 0 Å². The third-order valence-corrected chi connectivity index (χ3v) is 6.54. The van der Waals surface area contributed by atoms with E-state index in [1.54, 1.807) is 0 Å². The van der Waals surface area contributed by atoms with Crippen LogP contribution in [0.15, 0.2) is 30.3 Å². The van der Waals surface area contributed by atoms with Gasteiger partial charge in [-0.3, -0.25) is 14.5 Å². The summed E-state index contributed by atoms with van der Waals surface area (Å²) in [6.07, 6.45) is 4.99. The Morgan fingerprint density at radius 3 is 1.85 bits per heavy atom. The lowest BCUT2D eigenvalue weighted by molar-refractivity contribution is -0.145. The molecule has 0 aromatic heterocycles. The van der Waals surface area contributed by atoms with E-state index in [4.69, 9.17) is 0 Å². The second kappa shape index (κ2) is 8.42. The second-order valence-corrected chi connectivity index (χ2v) is 8.31. The number of nitrogens with zero attached hydrogens (tertiary/aromatic N) is 3. The number of piperidine rings is 1. The first-order chi connectivity index (χ1) is 13.2. The van der Waals surface area contributed by atoms with Crippen LogP contribution in [0.3, 0.4) is 0 Å². The summed E-state index contributed by atoms with van der Waals surface area (Å²) in [5, 5.41) is 0. The molecule has 0 bridgehead atoms. The highest BCUT2D eigenvalue weighted by Crippen LogP contribution is 2.30. The summed E-state index contributed by atoms with van der Waals surface area (Å²) in [7, 11) is 0. The zero-order valence-corrected chi connectivity index (χ0v) is 16.2. The lowest BCUT2D eigenvalue weighted by Crippen LogP contribution is -2.52. The molecule has 2 aliphatic heterocycles. The molecule has 5 heteroatoms. The molecule has 1 aromatic rings. The van der Waals surface area contributed by atoms with Gasteiger partial charge in [-0.05, 0) is 31.2 Å². The van der Waals surface area contributed by atoms with Gasteiger partial charge >= 0.3 is 0 Å². The molecule has 0 unspecified atom stereocenters. The lowest BCUT2D eigenvalue weighted by atomic mass is 9.83. The van der Waals surface area contributed by atoms with Crippen molar-refractivity contribution in [3.63, 3.8) is 0 Å². The van der Waals surface area contributed by atoms with Crippen molar-refractivity contribution in [2.45, 2.75) is 38.6 Å². The molecule has 0 N–H and O–H groups in total. The Morgan fingerprint density at radius 2 is 1.30 bits per heavy atom. The zero-order chi connectivity index (χ0) is 18.6. The highest BCUT2D eigenvalue weighted by atomic mass is 16.2. The van der Waals surface area contributed by atoms with E-state index >= 15 is 0 Å². The van der Waals surface area contributed by atoms with Gasteiger partial charge < -0.3 is 9.80 Å². The zero-order valence-electron chi connectivity index (χ0n) is 16.2. The maximum Gasteiger partial charge on any atom is 0.225 e. The minimum Gasteiger partial charge on any atom is -0.342 e. The summed E-state index contributed by atoms with van der Waals surface area (Å²) in [6, 6.07) is 10.5. The summed E-state index contributed by atoms with van der Waals surface area (Å²) in [4.78, 5) is 31.8. The van der Waals surface area contributed by atoms with Gasteiger partial charge in [0.1, 0.15) is 0 Å². The molecule has 1 saturated carbocycles. The molecule has 2 heterocycles. The van der Waals surface area contributed by atoms with E-state index in [1.807, 2.05) is 11.0 Å². The first-order valence-electron chi connectivity index (χ1n) is 10.5. The quantitative estimate of drug-likeness (QED) is 0.818. The Balaban J connectivity index is 1.21. The predicted molar refractivity (Wildman–Crippen MR) is 105 cm³/mol. The van der Waals surface area contributed by atoms with Crippen molar-refractivity contribution in [2.24, 2.45) is 11.8 Å². The minimum atomic E-state index is 0.108. The van der Waals surface area contributed by atoms with Gasteiger partial charge in [-0.15, -0.1) is 0 Å². The standard InChI is InChI=1S/C22H31N3O2/c26-21(19-7-4-8-19)24-11-9-20(10-12-24)22(27)25-15-13-23(14-16-25)17-18-5-2-1-3-6-18/h1-3,5-6,19-20H,4,7-17H2. The summed E-state index contributed by atoms with van der Waals surface area (Å²) in [5.74, 6) is 1.03. The van der Waals surface area contributed by atoms with E-state index in [0.717, 1.165) is 71.5 Å². The Hall–Kier alpha value is -1.88. The molecule has 4 rings (SSSR count). The number of carbonyl (C=O) groups is 2. The van der Waals surface area contributed by atoms with Crippen LogP contribution in [0.4, 0.5) is 0 Å². The Bertz CT molecular complexity index is 643. The van der Waals surface area contributed by atoms with Crippen molar-refractivity contribution in [1.29, 1.82) is 0 Å². The fraction of sp³-hybridized carbons (Fsp3) is 0.636. The van der Waals surface area contributed by atoms with Gasteiger partial charge in [0.05, 0.1) is 0 Å². The van der Waals surface area contributed by atoms with E-state index in [-0.39, 0.29) is 11.8 Å². The van der Waals surface area contributed by atoms with E-state index in [0.29, 0.717) is 11.8 Å². The smallest absolute Gasteiger partial charge is 0.225 e. The first-order valence-corrected chi connectivity index (χ1v) is 10.5. The summed E-state index contributed by atoms with van der Waals surface area (Å²) < 4.78 is 0. The first kappa shape index (κ1) is 18.5. The molecule has 2 saturated heterocycles. The van der Waals surface area contributed by atoms with Crippen LogP contribution in [0.25, 0.3) is 0 Å². The fourth-order valence-electron chi connectivity index (χ4n) is 4.49. The van der Waals surface area contributed by atoms with Crippen LogP contribution in [0, 0.1) is 11.8 Å². The second-order valence-electron chi connectivity index (χ2n) is 8.31. The van der Waals surface area contributed by atoms with Crippen LogP contribution in [0.5, 0.6) is 0 Å². The largest absolute Gasteiger partial charge is 0.342 e. The van der Waals surface area contributed by atoms with Crippen molar-refractivity contribution >= 4 is 11.8 Å². The average Bonchev–Trinajstić information content (AvgIpc) is 2.68. The summed E-state index contributed by atoms with van der Waals surface area (Å²) in [5.41, 5.74) is 1.33. The highest BCUT2D eigenvalue weighted by Gasteiger charge is 2.35. The van der Waals surface area contributed by atoms with Crippen LogP contribution < -0.4 is 0 Å². The van der Waals surface area contributed by atoms with Crippen molar-refractivity contribution in [3.05, 3.63) is 35.9 Å². The number of carbonyl (C=O) groups excluding carboxylic acids is 2. The molecule has 0 radical (unpaired) electrons. The third kappa shape index (κ3) is 4.34. The molecule has 146 valence electrons. The normalized spacial score (nSPS) is 22.5. The number of rotatable bonds is 4. The predicted octanol–water partition coefficient (Wildman–Crippen LogP) is 2.37. The highest BCUT2D eigenvalue weighted by molar-refractivity contribution is 5.81. The third-order valence-electron chi connectivity index (χ3n) is 6.54. The molecule has 0 spiro atoms. The summed E-state index contributed by atoms with van der Waals surface area (Å²) in [6.45, 7) is 6.03. The number of piperazine rings is 1. The summed E-state index contributed by atoms with van der Waals surface area (Å²) >= 11 is 0. The number of hydrogen-bond acceptors (Lipinski definition) is 3. The topological polar surface area (TPSA) is 43.9 Å². The number of benzene rings is 1. The molecular formula is C22H31N3O2. The lowest BCUT2D eigenvalue weighted by Gasteiger charge is -2.39. The van der Waals surface area contributed by atoms with Gasteiger partial charge in [0.15, 0.2) is 0 Å². The number of hydrogen-bond donors (Lipinski definition) is 0.